The number of hydrogen-bond donors (Lipinski definition) is 0. The van der Waals surface area contributed by atoms with E-state index in [4.69, 9.17) is 0 Å². The fourth-order valence-electron chi connectivity index (χ4n) is 2.72. The van der Waals surface area contributed by atoms with Gasteiger partial charge in [0.05, 0.1) is 26.2 Å². The molecule has 0 N–H and O–H groups in total. The van der Waals surface area contributed by atoms with Crippen molar-refractivity contribution >= 4 is 0 Å². The van der Waals surface area contributed by atoms with Gasteiger partial charge < -0.3 is 28.5 Å². The summed E-state index contributed by atoms with van der Waals surface area (Å²) >= 11 is 0. The average molecular weight is 321 g/mol. The zero-order valence-corrected chi connectivity index (χ0v) is 12.2. The maximum Gasteiger partial charge on any atom is 0.0923 e. The van der Waals surface area contributed by atoms with Gasteiger partial charge in [-0.1, -0.05) is 12.2 Å². The van der Waals surface area contributed by atoms with E-state index in [-0.39, 0.29) is 24.0 Å². The Balaban J connectivity index is 0.00000196. The van der Waals surface area contributed by atoms with Gasteiger partial charge >= 0.3 is 0 Å². The van der Waals surface area contributed by atoms with Crippen LogP contribution in [0.5, 0.6) is 0 Å². The van der Waals surface area contributed by atoms with Gasteiger partial charge in [0.25, 0.3) is 0 Å². The van der Waals surface area contributed by atoms with E-state index >= 15 is 0 Å². The van der Waals surface area contributed by atoms with Gasteiger partial charge in [-0.2, -0.15) is 0 Å². The second-order valence-corrected chi connectivity index (χ2v) is 4.92. The van der Waals surface area contributed by atoms with Crippen molar-refractivity contribution in [2.45, 2.75) is 44.2 Å². The van der Waals surface area contributed by atoms with Crippen LogP contribution in [-0.2, 0) is 0 Å². The Labute approximate surface area is 112 Å². The molecule has 0 saturated carbocycles. The van der Waals surface area contributed by atoms with Crippen molar-refractivity contribution in [1.82, 2.24) is 0 Å². The summed E-state index contributed by atoms with van der Waals surface area (Å²) < 4.78 is 1.15. The second kappa shape index (κ2) is 6.69. The van der Waals surface area contributed by atoms with Gasteiger partial charge in [-0.15, -0.1) is 13.2 Å². The zero-order chi connectivity index (χ0) is 10.6. The molecule has 0 aliphatic carbocycles. The molecular formula is C13H24IN. The molecule has 0 unspecified atom stereocenters. The van der Waals surface area contributed by atoms with Gasteiger partial charge in [0.2, 0.25) is 0 Å². The first-order chi connectivity index (χ1) is 6.62. The van der Waals surface area contributed by atoms with E-state index in [1.165, 1.54) is 19.3 Å². The molecule has 0 aromatic rings. The number of hydrogen-bond acceptors (Lipinski definition) is 0. The minimum Gasteiger partial charge on any atom is -1.00 e. The van der Waals surface area contributed by atoms with Crippen molar-refractivity contribution in [2.75, 3.05) is 14.1 Å². The van der Waals surface area contributed by atoms with E-state index in [9.17, 15) is 0 Å². The number of quaternary nitrogens is 1. The fourth-order valence-corrected chi connectivity index (χ4v) is 2.72. The first-order valence-corrected chi connectivity index (χ1v) is 5.68. The summed E-state index contributed by atoms with van der Waals surface area (Å²) in [6.07, 6.45) is 10.5. The molecule has 0 radical (unpaired) electrons. The van der Waals surface area contributed by atoms with Crippen molar-refractivity contribution in [3.8, 4) is 0 Å². The molecule has 0 amide bonds. The molecule has 15 heavy (non-hydrogen) atoms. The highest BCUT2D eigenvalue weighted by atomic mass is 127. The Bertz CT molecular complexity index is 191. The zero-order valence-electron chi connectivity index (χ0n) is 10.1. The van der Waals surface area contributed by atoms with Crippen LogP contribution in [-0.4, -0.2) is 30.7 Å². The molecule has 0 aromatic heterocycles. The first-order valence-electron chi connectivity index (χ1n) is 5.68. The van der Waals surface area contributed by atoms with Gasteiger partial charge in [0.1, 0.15) is 0 Å². The summed E-state index contributed by atoms with van der Waals surface area (Å²) in [5.41, 5.74) is 0. The average Bonchev–Trinajstić information content (AvgIpc) is 2.13. The number of halogens is 1. The van der Waals surface area contributed by atoms with E-state index in [0.29, 0.717) is 0 Å². The molecule has 1 fully saturated rings. The Kier molecular flexibility index (Phi) is 6.76. The van der Waals surface area contributed by atoms with E-state index in [1.54, 1.807) is 0 Å². The molecule has 1 rings (SSSR count). The summed E-state index contributed by atoms with van der Waals surface area (Å²) in [6.45, 7) is 7.72. The predicted molar refractivity (Wildman–Crippen MR) is 63.2 cm³/mol. The van der Waals surface area contributed by atoms with Crippen LogP contribution < -0.4 is 24.0 Å². The summed E-state index contributed by atoms with van der Waals surface area (Å²) in [7, 11) is 4.73. The minimum absolute atomic E-state index is 0. The normalized spacial score (nSPS) is 28.9. The van der Waals surface area contributed by atoms with Crippen molar-refractivity contribution in [3.63, 3.8) is 0 Å². The third-order valence-corrected chi connectivity index (χ3v) is 3.83. The van der Waals surface area contributed by atoms with E-state index in [2.05, 4.69) is 39.4 Å². The SMILES string of the molecule is C=CC[C@H]1CCC[C@H](CC=C)[N+]1(C)C.[I-]. The first kappa shape index (κ1) is 15.2. The number of rotatable bonds is 4. The van der Waals surface area contributed by atoms with Crippen molar-refractivity contribution < 1.29 is 28.5 Å². The fraction of sp³-hybridized carbons (Fsp3) is 0.692. The Morgan fingerprint density at radius 2 is 1.47 bits per heavy atom. The highest BCUT2D eigenvalue weighted by Crippen LogP contribution is 2.31. The number of piperidine rings is 1. The van der Waals surface area contributed by atoms with Crippen LogP contribution in [0.25, 0.3) is 0 Å². The van der Waals surface area contributed by atoms with Crippen LogP contribution in [0, 0.1) is 0 Å². The van der Waals surface area contributed by atoms with Gasteiger partial charge in [-0.25, -0.2) is 0 Å². The van der Waals surface area contributed by atoms with Gasteiger partial charge in [-0.3, -0.25) is 0 Å². The molecule has 1 nitrogen and oxygen atoms in total. The molecule has 1 saturated heterocycles. The molecule has 2 heteroatoms. The molecule has 0 spiro atoms. The standard InChI is InChI=1S/C13H24N.HI/c1-5-8-12-10-7-11-13(9-6-2)14(12,3)4;/h5-6,12-13H,1-2,7-11H2,3-4H3;1H/q+1;/p-1/t12-,13-;/m0./s1. The molecule has 1 aliphatic rings. The van der Waals surface area contributed by atoms with Crippen molar-refractivity contribution in [3.05, 3.63) is 25.3 Å². The maximum absolute atomic E-state index is 3.86. The lowest BCUT2D eigenvalue weighted by atomic mass is 9.90. The second-order valence-electron chi connectivity index (χ2n) is 4.92. The monoisotopic (exact) mass is 321 g/mol. The number of nitrogens with zero attached hydrogens (tertiary/aromatic N) is 1. The van der Waals surface area contributed by atoms with Crippen molar-refractivity contribution in [2.24, 2.45) is 0 Å². The van der Waals surface area contributed by atoms with Gasteiger partial charge in [-0.05, 0) is 19.3 Å². The molecule has 88 valence electrons. The summed E-state index contributed by atoms with van der Waals surface area (Å²) in [5.74, 6) is 0. The molecule has 0 aromatic carbocycles. The summed E-state index contributed by atoms with van der Waals surface area (Å²) in [4.78, 5) is 0. The van der Waals surface area contributed by atoms with Gasteiger partial charge in [0, 0.05) is 12.8 Å². The Morgan fingerprint density at radius 1 is 1.07 bits per heavy atom. The van der Waals surface area contributed by atoms with Crippen LogP contribution in [0.4, 0.5) is 0 Å². The molecule has 1 aliphatic heterocycles. The van der Waals surface area contributed by atoms with Crippen LogP contribution in [0.15, 0.2) is 25.3 Å². The minimum atomic E-state index is 0. The van der Waals surface area contributed by atoms with E-state index in [0.717, 1.165) is 29.4 Å². The molecule has 2 atom stereocenters. The van der Waals surface area contributed by atoms with E-state index in [1.807, 2.05) is 0 Å². The largest absolute Gasteiger partial charge is 1.00 e. The highest BCUT2D eigenvalue weighted by Gasteiger charge is 2.37. The smallest absolute Gasteiger partial charge is 0.0923 e. The topological polar surface area (TPSA) is 0 Å². The Hall–Kier alpha value is 0.170. The van der Waals surface area contributed by atoms with Crippen LogP contribution in [0.2, 0.25) is 0 Å². The van der Waals surface area contributed by atoms with Crippen LogP contribution in [0.1, 0.15) is 32.1 Å². The lowest BCUT2D eigenvalue weighted by Crippen LogP contribution is -3.00. The number of likely N-dealkylation sites (tertiary alicyclic amines) is 1. The summed E-state index contributed by atoms with van der Waals surface area (Å²) in [6, 6.07) is 1.54. The van der Waals surface area contributed by atoms with Gasteiger partial charge in [0.15, 0.2) is 0 Å². The molecule has 0 bridgehead atoms. The highest BCUT2D eigenvalue weighted by molar-refractivity contribution is 4.82. The van der Waals surface area contributed by atoms with E-state index < -0.39 is 0 Å². The lowest BCUT2D eigenvalue weighted by Gasteiger charge is -2.47. The molecule has 1 heterocycles. The van der Waals surface area contributed by atoms with Crippen LogP contribution >= 0.6 is 0 Å². The third-order valence-electron chi connectivity index (χ3n) is 3.83. The van der Waals surface area contributed by atoms with Crippen LogP contribution in [0.3, 0.4) is 0 Å². The maximum atomic E-state index is 3.86. The van der Waals surface area contributed by atoms with Crippen molar-refractivity contribution in [1.29, 1.82) is 0 Å². The quantitative estimate of drug-likeness (QED) is 0.393. The Morgan fingerprint density at radius 3 is 1.80 bits per heavy atom. The third kappa shape index (κ3) is 3.59. The lowest BCUT2D eigenvalue weighted by molar-refractivity contribution is -0.943. The summed E-state index contributed by atoms with van der Waals surface area (Å²) in [5, 5.41) is 0. The predicted octanol–water partition coefficient (Wildman–Crippen LogP) is 0.140. The molecular weight excluding hydrogens is 297 g/mol.